The van der Waals surface area contributed by atoms with E-state index in [1.165, 1.54) is 24.9 Å². The summed E-state index contributed by atoms with van der Waals surface area (Å²) in [7, 11) is 0. The van der Waals surface area contributed by atoms with Crippen molar-refractivity contribution >= 4 is 18.3 Å². The Morgan fingerprint density at radius 2 is 1.81 bits per heavy atom. The van der Waals surface area contributed by atoms with Crippen molar-refractivity contribution in [3.63, 3.8) is 0 Å². The first-order valence-electron chi connectivity index (χ1n) is 10.2. The molecule has 0 N–H and O–H groups in total. The Kier molecular flexibility index (Phi) is 6.92. The maximum absolute atomic E-state index is 6.27. The van der Waals surface area contributed by atoms with E-state index in [4.69, 9.17) is 17.4 Å². The van der Waals surface area contributed by atoms with Gasteiger partial charge in [-0.15, -0.1) is 0 Å². The van der Waals surface area contributed by atoms with E-state index in [2.05, 4.69) is 60.9 Å². The normalized spacial score (nSPS) is 28.1. The van der Waals surface area contributed by atoms with E-state index in [1.807, 2.05) is 0 Å². The van der Waals surface area contributed by atoms with Crippen LogP contribution in [0, 0.1) is 11.3 Å². The third-order valence-corrected chi connectivity index (χ3v) is 6.15. The summed E-state index contributed by atoms with van der Waals surface area (Å²) in [6.07, 6.45) is 4.13. The molecule has 1 aromatic rings. The molecule has 0 amide bonds. The van der Waals surface area contributed by atoms with Crippen LogP contribution in [0.15, 0.2) is 30.3 Å². The van der Waals surface area contributed by atoms with Crippen LogP contribution in [-0.2, 0) is 4.74 Å². The molecule has 2 aliphatic rings. The topological polar surface area (TPSA) is 15.7 Å². The predicted molar refractivity (Wildman–Crippen MR) is 114 cm³/mol. The minimum absolute atomic E-state index is 0.304. The molecule has 0 radical (unpaired) electrons. The Morgan fingerprint density at radius 1 is 1.12 bits per heavy atom. The number of rotatable bonds is 6. The molecule has 3 nitrogen and oxygen atoms in total. The van der Waals surface area contributed by atoms with Crippen LogP contribution < -0.4 is 4.90 Å². The summed E-state index contributed by atoms with van der Waals surface area (Å²) in [4.78, 5) is 5.01. The van der Waals surface area contributed by atoms with Crippen molar-refractivity contribution < 1.29 is 4.74 Å². The highest BCUT2D eigenvalue weighted by atomic mass is 32.1. The second-order valence-corrected chi connectivity index (χ2v) is 9.88. The zero-order chi connectivity index (χ0) is 18.6. The molecule has 1 aromatic carbocycles. The van der Waals surface area contributed by atoms with E-state index in [0.717, 1.165) is 45.2 Å². The van der Waals surface area contributed by atoms with Crippen LogP contribution >= 0.6 is 12.6 Å². The molecule has 3 rings (SSSR count). The molecule has 1 heterocycles. The molecule has 1 aliphatic heterocycles. The Morgan fingerprint density at radius 3 is 2.46 bits per heavy atom. The van der Waals surface area contributed by atoms with E-state index in [9.17, 15) is 0 Å². The molecule has 2 fully saturated rings. The first-order chi connectivity index (χ1) is 12.4. The van der Waals surface area contributed by atoms with Gasteiger partial charge in [0.05, 0.1) is 12.7 Å². The minimum atomic E-state index is 0.304. The summed E-state index contributed by atoms with van der Waals surface area (Å²) in [5, 5.41) is 0.304. The van der Waals surface area contributed by atoms with Crippen molar-refractivity contribution in [3.8, 4) is 0 Å². The molecule has 0 aromatic heterocycles. The predicted octanol–water partition coefficient (Wildman–Crippen LogP) is 4.34. The third kappa shape index (κ3) is 5.90. The van der Waals surface area contributed by atoms with E-state index < -0.39 is 0 Å². The second-order valence-electron chi connectivity index (χ2n) is 9.15. The highest BCUT2D eigenvalue weighted by molar-refractivity contribution is 7.81. The summed E-state index contributed by atoms with van der Waals surface area (Å²) >= 11 is 4.82. The molecule has 3 unspecified atom stereocenters. The summed E-state index contributed by atoms with van der Waals surface area (Å²) in [5.74, 6) is 0.771. The molecule has 1 aliphatic carbocycles. The number of thiol groups is 1. The van der Waals surface area contributed by atoms with Crippen LogP contribution in [0.2, 0.25) is 0 Å². The maximum atomic E-state index is 6.27. The van der Waals surface area contributed by atoms with Crippen LogP contribution in [0.5, 0.6) is 0 Å². The lowest BCUT2D eigenvalue weighted by Gasteiger charge is -2.39. The highest BCUT2D eigenvalue weighted by Gasteiger charge is 2.32. The van der Waals surface area contributed by atoms with Crippen molar-refractivity contribution in [2.24, 2.45) is 11.3 Å². The van der Waals surface area contributed by atoms with Gasteiger partial charge in [-0.3, -0.25) is 4.90 Å². The number of piperazine rings is 1. The molecule has 1 saturated carbocycles. The fourth-order valence-electron chi connectivity index (χ4n) is 4.81. The first kappa shape index (κ1) is 20.0. The van der Waals surface area contributed by atoms with Crippen molar-refractivity contribution in [3.05, 3.63) is 30.3 Å². The van der Waals surface area contributed by atoms with Gasteiger partial charge in [0.2, 0.25) is 0 Å². The van der Waals surface area contributed by atoms with Crippen LogP contribution in [0.3, 0.4) is 0 Å². The van der Waals surface area contributed by atoms with Crippen molar-refractivity contribution in [2.45, 2.75) is 51.4 Å². The van der Waals surface area contributed by atoms with Gasteiger partial charge in [-0.05, 0) is 42.7 Å². The average molecular weight is 377 g/mol. The van der Waals surface area contributed by atoms with Crippen LogP contribution in [0.4, 0.5) is 5.69 Å². The molecule has 1 saturated heterocycles. The number of nitrogens with zero attached hydrogens (tertiary/aromatic N) is 2. The summed E-state index contributed by atoms with van der Waals surface area (Å²) < 4.78 is 6.27. The molecular formula is C22H36N2OS. The molecule has 0 spiro atoms. The standard InChI is InChI=1S/C22H36N2OS/c1-18-13-20(15-22(2,3)14-18)25-17-21(26)16-23-9-11-24(12-10-23)19-7-5-4-6-8-19/h4-8,18,20-21,26H,9-17H2,1-3H3. The Hall–Kier alpha value is -0.710. The lowest BCUT2D eigenvalue weighted by atomic mass is 9.71. The molecule has 4 heteroatoms. The molecule has 26 heavy (non-hydrogen) atoms. The monoisotopic (exact) mass is 376 g/mol. The number of hydrogen-bond acceptors (Lipinski definition) is 4. The number of anilines is 1. The largest absolute Gasteiger partial charge is 0.377 e. The van der Waals surface area contributed by atoms with E-state index in [1.54, 1.807) is 0 Å². The molecule has 3 atom stereocenters. The summed E-state index contributed by atoms with van der Waals surface area (Å²) in [6.45, 7) is 13.3. The molecular weight excluding hydrogens is 340 g/mol. The maximum Gasteiger partial charge on any atom is 0.0598 e. The van der Waals surface area contributed by atoms with Gasteiger partial charge < -0.3 is 9.64 Å². The van der Waals surface area contributed by atoms with E-state index in [-0.39, 0.29) is 0 Å². The zero-order valence-electron chi connectivity index (χ0n) is 16.7. The van der Waals surface area contributed by atoms with E-state index >= 15 is 0 Å². The van der Waals surface area contributed by atoms with Crippen molar-refractivity contribution in [2.75, 3.05) is 44.2 Å². The average Bonchev–Trinajstić information content (AvgIpc) is 2.60. The van der Waals surface area contributed by atoms with Crippen LogP contribution in [-0.4, -0.2) is 55.6 Å². The second kappa shape index (κ2) is 8.99. The van der Waals surface area contributed by atoms with Gasteiger partial charge in [0, 0.05) is 43.7 Å². The van der Waals surface area contributed by atoms with Crippen molar-refractivity contribution in [1.29, 1.82) is 0 Å². The lowest BCUT2D eigenvalue weighted by Crippen LogP contribution is -2.48. The Balaban J connectivity index is 1.37. The zero-order valence-corrected chi connectivity index (χ0v) is 17.6. The van der Waals surface area contributed by atoms with Gasteiger partial charge in [0.25, 0.3) is 0 Å². The van der Waals surface area contributed by atoms with Crippen molar-refractivity contribution in [1.82, 2.24) is 4.90 Å². The lowest BCUT2D eigenvalue weighted by molar-refractivity contribution is -0.0237. The van der Waals surface area contributed by atoms with Crippen LogP contribution in [0.25, 0.3) is 0 Å². The smallest absolute Gasteiger partial charge is 0.0598 e. The number of para-hydroxylation sites is 1. The van der Waals surface area contributed by atoms with Gasteiger partial charge in [0.15, 0.2) is 0 Å². The Labute approximate surface area is 165 Å². The number of ether oxygens (including phenoxy) is 1. The fourth-order valence-corrected chi connectivity index (χ4v) is 5.13. The minimum Gasteiger partial charge on any atom is -0.377 e. The Bertz CT molecular complexity index is 542. The van der Waals surface area contributed by atoms with Gasteiger partial charge in [-0.2, -0.15) is 12.6 Å². The third-order valence-electron chi connectivity index (χ3n) is 5.83. The van der Waals surface area contributed by atoms with E-state index in [0.29, 0.717) is 16.8 Å². The van der Waals surface area contributed by atoms with Crippen LogP contribution in [0.1, 0.15) is 40.0 Å². The summed E-state index contributed by atoms with van der Waals surface area (Å²) in [6, 6.07) is 10.7. The van der Waals surface area contributed by atoms with Gasteiger partial charge in [-0.25, -0.2) is 0 Å². The fraction of sp³-hybridized carbons (Fsp3) is 0.727. The first-order valence-corrected chi connectivity index (χ1v) is 10.7. The SMILES string of the molecule is CC1CC(OCC(S)CN2CCN(c3ccccc3)CC2)CC(C)(C)C1. The number of hydrogen-bond donors (Lipinski definition) is 1. The summed E-state index contributed by atoms with van der Waals surface area (Å²) in [5.41, 5.74) is 1.76. The quantitative estimate of drug-likeness (QED) is 0.744. The van der Waals surface area contributed by atoms with Gasteiger partial charge >= 0.3 is 0 Å². The molecule has 146 valence electrons. The molecule has 0 bridgehead atoms. The van der Waals surface area contributed by atoms with Gasteiger partial charge in [-0.1, -0.05) is 39.0 Å². The van der Waals surface area contributed by atoms with Gasteiger partial charge in [0.1, 0.15) is 0 Å². The number of benzene rings is 1. The highest BCUT2D eigenvalue weighted by Crippen LogP contribution is 2.39.